The van der Waals surface area contributed by atoms with Crippen molar-refractivity contribution in [3.8, 4) is 0 Å². The number of hydrogen-bond acceptors (Lipinski definition) is 2. The molecule has 0 spiro atoms. The number of nitrogens with one attached hydrogen (secondary N) is 1. The van der Waals surface area contributed by atoms with Crippen molar-refractivity contribution in [2.45, 2.75) is 6.42 Å². The number of nitrogens with zero attached hydrogens (tertiary/aromatic N) is 1. The molecule has 1 amide bonds. The normalized spacial score (nSPS) is 11.4. The maximum absolute atomic E-state index is 12.1. The van der Waals surface area contributed by atoms with Gasteiger partial charge < -0.3 is 0 Å². The summed E-state index contributed by atoms with van der Waals surface area (Å²) in [6, 6.07) is 21.5. The summed E-state index contributed by atoms with van der Waals surface area (Å²) in [5.74, 6) is -0.154. The van der Waals surface area contributed by atoms with Crippen LogP contribution in [0.5, 0.6) is 0 Å². The maximum Gasteiger partial charge on any atom is 0.244 e. The molecule has 1 N–H and O–H groups in total. The second-order valence-electron chi connectivity index (χ2n) is 5.51. The Hall–Kier alpha value is -2.91. The van der Waals surface area contributed by atoms with Crippen LogP contribution in [0.15, 0.2) is 77.9 Å². The molecule has 0 aromatic heterocycles. The predicted octanol–water partition coefficient (Wildman–Crippen LogP) is 4.85. The maximum atomic E-state index is 12.1. The number of fused-ring (bicyclic) bond motifs is 1. The molecule has 0 fully saturated rings. The van der Waals surface area contributed by atoms with E-state index in [-0.39, 0.29) is 12.3 Å². The van der Waals surface area contributed by atoms with E-state index in [9.17, 15) is 4.79 Å². The average Bonchev–Trinajstić information content (AvgIpc) is 2.63. The Kier molecular flexibility index (Phi) is 5.60. The van der Waals surface area contributed by atoms with E-state index in [1.54, 1.807) is 6.08 Å². The van der Waals surface area contributed by atoms with Crippen LogP contribution < -0.4 is 5.43 Å². The number of rotatable bonds is 5. The number of allylic oxidation sites excluding steroid dienone is 1. The van der Waals surface area contributed by atoms with Gasteiger partial charge in [0.25, 0.3) is 0 Å². The molecule has 124 valence electrons. The van der Waals surface area contributed by atoms with Gasteiger partial charge in [-0.3, -0.25) is 4.79 Å². The van der Waals surface area contributed by atoms with Gasteiger partial charge in [-0.2, -0.15) is 5.10 Å². The Labute approximate surface area is 151 Å². The molecule has 0 saturated heterocycles. The van der Waals surface area contributed by atoms with Crippen molar-refractivity contribution in [1.29, 1.82) is 0 Å². The molecule has 0 heterocycles. The van der Waals surface area contributed by atoms with Crippen molar-refractivity contribution in [3.63, 3.8) is 0 Å². The molecule has 0 atom stereocenters. The van der Waals surface area contributed by atoms with Crippen molar-refractivity contribution >= 4 is 40.6 Å². The number of hydrazone groups is 1. The van der Waals surface area contributed by atoms with Gasteiger partial charge in [0.2, 0.25) is 5.91 Å². The van der Waals surface area contributed by atoms with Gasteiger partial charge in [-0.1, -0.05) is 78.3 Å². The smallest absolute Gasteiger partial charge is 0.244 e. The summed E-state index contributed by atoms with van der Waals surface area (Å²) in [5, 5.41) is 6.82. The van der Waals surface area contributed by atoms with Crippen LogP contribution in [-0.4, -0.2) is 12.1 Å². The first kappa shape index (κ1) is 16.9. The van der Waals surface area contributed by atoms with Gasteiger partial charge in [0.1, 0.15) is 0 Å². The Bertz CT molecular complexity index is 942. The van der Waals surface area contributed by atoms with E-state index in [0.717, 1.165) is 21.9 Å². The van der Waals surface area contributed by atoms with E-state index in [1.165, 1.54) is 6.21 Å². The van der Waals surface area contributed by atoms with Crippen LogP contribution >= 0.6 is 11.6 Å². The van der Waals surface area contributed by atoms with Gasteiger partial charge in [0.15, 0.2) is 0 Å². The standard InChI is InChI=1S/C21H17ClN2O/c22-20-13-4-2-8-17(20)11-6-14-23-24-21(25)15-18-10-5-9-16-7-1-3-12-19(16)18/h1-14H,15H2,(H,24,25). The summed E-state index contributed by atoms with van der Waals surface area (Å²) < 4.78 is 0. The molecule has 0 aliphatic rings. The van der Waals surface area contributed by atoms with Crippen LogP contribution in [0.2, 0.25) is 5.02 Å². The van der Waals surface area contributed by atoms with Crippen molar-refractivity contribution in [1.82, 2.24) is 5.43 Å². The molecule has 4 heteroatoms. The fourth-order valence-corrected chi connectivity index (χ4v) is 2.77. The SMILES string of the molecule is O=C(Cc1cccc2ccccc12)NN=CC=Cc1ccccc1Cl. The molecule has 0 saturated carbocycles. The first-order chi connectivity index (χ1) is 12.2. The minimum atomic E-state index is -0.154. The Morgan fingerprint density at radius 3 is 2.64 bits per heavy atom. The third kappa shape index (κ3) is 4.55. The number of carbonyl (C=O) groups excluding carboxylic acids is 1. The lowest BCUT2D eigenvalue weighted by molar-refractivity contribution is -0.120. The molecule has 0 radical (unpaired) electrons. The number of benzene rings is 3. The van der Waals surface area contributed by atoms with E-state index in [2.05, 4.69) is 10.5 Å². The summed E-state index contributed by atoms with van der Waals surface area (Å²) in [6.45, 7) is 0. The highest BCUT2D eigenvalue weighted by atomic mass is 35.5. The van der Waals surface area contributed by atoms with Gasteiger partial charge in [-0.05, 0) is 34.0 Å². The number of carbonyl (C=O) groups is 1. The molecular formula is C21H17ClN2O. The molecule has 0 unspecified atom stereocenters. The second kappa shape index (κ2) is 8.27. The molecule has 0 bridgehead atoms. The minimum Gasteiger partial charge on any atom is -0.273 e. The highest BCUT2D eigenvalue weighted by Crippen LogP contribution is 2.19. The van der Waals surface area contributed by atoms with Gasteiger partial charge in [-0.25, -0.2) is 5.43 Å². The molecule has 0 aliphatic heterocycles. The number of halogens is 1. The van der Waals surface area contributed by atoms with Gasteiger partial charge in [0, 0.05) is 11.2 Å². The quantitative estimate of drug-likeness (QED) is 0.519. The fourth-order valence-electron chi connectivity index (χ4n) is 2.57. The lowest BCUT2D eigenvalue weighted by Crippen LogP contribution is -2.19. The number of amides is 1. The zero-order valence-electron chi connectivity index (χ0n) is 13.5. The first-order valence-electron chi connectivity index (χ1n) is 7.94. The second-order valence-corrected chi connectivity index (χ2v) is 5.92. The van der Waals surface area contributed by atoms with Gasteiger partial charge in [0.05, 0.1) is 6.42 Å². The van der Waals surface area contributed by atoms with Gasteiger partial charge in [-0.15, -0.1) is 0 Å². The van der Waals surface area contributed by atoms with E-state index >= 15 is 0 Å². The van der Waals surface area contributed by atoms with Gasteiger partial charge >= 0.3 is 0 Å². The van der Waals surface area contributed by atoms with Crippen LogP contribution in [0.4, 0.5) is 0 Å². The zero-order chi connectivity index (χ0) is 17.5. The Balaban J connectivity index is 1.58. The van der Waals surface area contributed by atoms with Crippen molar-refractivity contribution in [2.75, 3.05) is 0 Å². The van der Waals surface area contributed by atoms with Crippen molar-refractivity contribution in [2.24, 2.45) is 5.10 Å². The van der Waals surface area contributed by atoms with Crippen molar-refractivity contribution in [3.05, 3.63) is 89.0 Å². The van der Waals surface area contributed by atoms with Crippen LogP contribution in [0, 0.1) is 0 Å². The van der Waals surface area contributed by atoms with Crippen molar-refractivity contribution < 1.29 is 4.79 Å². The lowest BCUT2D eigenvalue weighted by Gasteiger charge is -2.05. The summed E-state index contributed by atoms with van der Waals surface area (Å²) in [5.41, 5.74) is 4.43. The Morgan fingerprint density at radius 1 is 1.00 bits per heavy atom. The minimum absolute atomic E-state index is 0.154. The molecular weight excluding hydrogens is 332 g/mol. The lowest BCUT2D eigenvalue weighted by atomic mass is 10.0. The summed E-state index contributed by atoms with van der Waals surface area (Å²) in [6.07, 6.45) is 5.39. The monoisotopic (exact) mass is 348 g/mol. The van der Waals surface area contributed by atoms with E-state index in [4.69, 9.17) is 11.6 Å². The predicted molar refractivity (Wildman–Crippen MR) is 105 cm³/mol. The molecule has 3 rings (SSSR count). The molecule has 3 aromatic carbocycles. The fraction of sp³-hybridized carbons (Fsp3) is 0.0476. The highest BCUT2D eigenvalue weighted by Gasteiger charge is 2.05. The summed E-state index contributed by atoms with van der Waals surface area (Å²) >= 11 is 6.06. The molecule has 25 heavy (non-hydrogen) atoms. The molecule has 3 nitrogen and oxygen atoms in total. The third-order valence-electron chi connectivity index (χ3n) is 3.76. The van der Waals surface area contributed by atoms with E-state index in [0.29, 0.717) is 5.02 Å². The largest absolute Gasteiger partial charge is 0.273 e. The van der Waals surface area contributed by atoms with Crippen LogP contribution in [0.1, 0.15) is 11.1 Å². The average molecular weight is 349 g/mol. The number of hydrogen-bond donors (Lipinski definition) is 1. The first-order valence-corrected chi connectivity index (χ1v) is 8.31. The summed E-state index contributed by atoms with van der Waals surface area (Å²) in [4.78, 5) is 12.1. The zero-order valence-corrected chi connectivity index (χ0v) is 14.3. The van der Waals surface area contributed by atoms with Crippen LogP contribution in [0.25, 0.3) is 16.8 Å². The topological polar surface area (TPSA) is 41.5 Å². The van der Waals surface area contributed by atoms with Crippen LogP contribution in [0.3, 0.4) is 0 Å². The van der Waals surface area contributed by atoms with E-state index < -0.39 is 0 Å². The van der Waals surface area contributed by atoms with E-state index in [1.807, 2.05) is 72.8 Å². The van der Waals surface area contributed by atoms with Crippen LogP contribution in [-0.2, 0) is 11.2 Å². The Morgan fingerprint density at radius 2 is 1.76 bits per heavy atom. The highest BCUT2D eigenvalue weighted by molar-refractivity contribution is 6.32. The molecule has 0 aliphatic carbocycles. The summed E-state index contributed by atoms with van der Waals surface area (Å²) in [7, 11) is 0. The third-order valence-corrected chi connectivity index (χ3v) is 4.11. The molecule has 3 aromatic rings.